The molecule has 1 heterocycles. The molecule has 0 amide bonds. The molecule has 1 saturated heterocycles. The lowest BCUT2D eigenvalue weighted by Gasteiger charge is -2.34. The fourth-order valence-electron chi connectivity index (χ4n) is 2.50. The third-order valence-electron chi connectivity index (χ3n) is 3.81. The molecule has 1 atom stereocenters. The van der Waals surface area contributed by atoms with Crippen molar-refractivity contribution in [2.45, 2.75) is 46.5 Å². The van der Waals surface area contributed by atoms with E-state index in [1.165, 1.54) is 0 Å². The highest BCUT2D eigenvalue weighted by atomic mass is 35.5. The molecule has 1 aliphatic heterocycles. The Morgan fingerprint density at radius 1 is 1.32 bits per heavy atom. The van der Waals surface area contributed by atoms with E-state index in [1.807, 2.05) is 6.92 Å². The quantitative estimate of drug-likeness (QED) is 0.757. The van der Waals surface area contributed by atoms with Crippen molar-refractivity contribution in [2.24, 2.45) is 11.3 Å². The third kappa shape index (κ3) is 7.49. The summed E-state index contributed by atoms with van der Waals surface area (Å²) >= 11 is 0. The molecule has 1 unspecified atom stereocenters. The lowest BCUT2D eigenvalue weighted by Crippen LogP contribution is -2.43. The van der Waals surface area contributed by atoms with Crippen molar-refractivity contribution in [1.82, 2.24) is 10.0 Å². The molecule has 0 radical (unpaired) electrons. The highest BCUT2D eigenvalue weighted by Crippen LogP contribution is 2.27. The molecule has 0 aromatic carbocycles. The van der Waals surface area contributed by atoms with Crippen LogP contribution in [0.4, 0.5) is 0 Å². The Morgan fingerprint density at radius 3 is 2.42 bits per heavy atom. The first kappa shape index (κ1) is 19.2. The summed E-state index contributed by atoms with van der Waals surface area (Å²) in [5.74, 6) is 0.503. The van der Waals surface area contributed by atoms with E-state index >= 15 is 0 Å². The van der Waals surface area contributed by atoms with Crippen LogP contribution in [0, 0.1) is 11.3 Å². The first-order valence-electron chi connectivity index (χ1n) is 7.05. The minimum atomic E-state index is -3.11. The van der Waals surface area contributed by atoms with Gasteiger partial charge in [-0.15, -0.1) is 12.4 Å². The number of piperidine rings is 1. The zero-order valence-corrected chi connectivity index (χ0v) is 14.0. The van der Waals surface area contributed by atoms with Gasteiger partial charge in [0.25, 0.3) is 0 Å². The maximum atomic E-state index is 12.0. The van der Waals surface area contributed by atoms with Gasteiger partial charge in [0.15, 0.2) is 0 Å². The van der Waals surface area contributed by atoms with E-state index in [9.17, 15) is 8.42 Å². The number of halogens is 1. The Labute approximate surface area is 124 Å². The molecule has 0 aromatic rings. The largest absolute Gasteiger partial charge is 0.317 e. The van der Waals surface area contributed by atoms with Crippen LogP contribution >= 0.6 is 12.4 Å². The predicted molar refractivity (Wildman–Crippen MR) is 83.3 cm³/mol. The number of rotatable bonds is 7. The van der Waals surface area contributed by atoms with E-state index in [-0.39, 0.29) is 29.5 Å². The molecule has 0 spiro atoms. The molecule has 0 aromatic heterocycles. The molecule has 4 nitrogen and oxygen atoms in total. The van der Waals surface area contributed by atoms with Gasteiger partial charge in [-0.3, -0.25) is 0 Å². The van der Waals surface area contributed by atoms with Crippen LogP contribution in [-0.2, 0) is 10.0 Å². The highest BCUT2D eigenvalue weighted by molar-refractivity contribution is 7.89. The van der Waals surface area contributed by atoms with Gasteiger partial charge in [0.05, 0.1) is 5.75 Å². The fraction of sp³-hybridized carbons (Fsp3) is 1.00. The van der Waals surface area contributed by atoms with Gasteiger partial charge in [-0.1, -0.05) is 27.2 Å². The lowest BCUT2D eigenvalue weighted by molar-refractivity contribution is 0.232. The lowest BCUT2D eigenvalue weighted by atomic mass is 9.81. The Bertz CT molecular complexity index is 341. The van der Waals surface area contributed by atoms with Crippen molar-refractivity contribution in [1.29, 1.82) is 0 Å². The minimum Gasteiger partial charge on any atom is -0.317 e. The van der Waals surface area contributed by atoms with E-state index in [1.54, 1.807) is 0 Å². The molecule has 0 saturated carbocycles. The van der Waals surface area contributed by atoms with Crippen LogP contribution < -0.4 is 10.0 Å². The van der Waals surface area contributed by atoms with E-state index in [4.69, 9.17) is 0 Å². The van der Waals surface area contributed by atoms with Crippen LogP contribution in [0.2, 0.25) is 0 Å². The third-order valence-corrected chi connectivity index (χ3v) is 5.41. The van der Waals surface area contributed by atoms with Crippen LogP contribution in [0.5, 0.6) is 0 Å². The van der Waals surface area contributed by atoms with Gasteiger partial charge in [0.2, 0.25) is 10.0 Å². The van der Waals surface area contributed by atoms with Crippen molar-refractivity contribution in [2.75, 3.05) is 25.4 Å². The molecule has 0 bridgehead atoms. The Hall–Kier alpha value is 0.160. The minimum absolute atomic E-state index is 0. The first-order valence-corrected chi connectivity index (χ1v) is 8.70. The van der Waals surface area contributed by atoms with E-state index < -0.39 is 10.0 Å². The van der Waals surface area contributed by atoms with Crippen LogP contribution in [0.1, 0.15) is 46.5 Å². The molecule has 1 aliphatic rings. The van der Waals surface area contributed by atoms with Gasteiger partial charge in [-0.25, -0.2) is 13.1 Å². The van der Waals surface area contributed by atoms with Gasteiger partial charge in [-0.05, 0) is 43.7 Å². The van der Waals surface area contributed by atoms with E-state index in [2.05, 4.69) is 23.9 Å². The molecule has 1 rings (SSSR count). The Morgan fingerprint density at radius 2 is 1.89 bits per heavy atom. The average molecular weight is 313 g/mol. The van der Waals surface area contributed by atoms with Crippen molar-refractivity contribution in [3.05, 3.63) is 0 Å². The Balaban J connectivity index is 0.00000324. The van der Waals surface area contributed by atoms with Gasteiger partial charge < -0.3 is 5.32 Å². The first-order chi connectivity index (χ1) is 8.37. The summed E-state index contributed by atoms with van der Waals surface area (Å²) in [7, 11) is -3.11. The summed E-state index contributed by atoms with van der Waals surface area (Å²) in [5.41, 5.74) is 0.117. The molecule has 1 fully saturated rings. The summed E-state index contributed by atoms with van der Waals surface area (Å²) in [4.78, 5) is 0. The highest BCUT2D eigenvalue weighted by Gasteiger charge is 2.28. The predicted octanol–water partition coefficient (Wildman–Crippen LogP) is 2.15. The number of sulfonamides is 1. The fourth-order valence-corrected chi connectivity index (χ4v) is 4.10. The van der Waals surface area contributed by atoms with Gasteiger partial charge in [-0.2, -0.15) is 0 Å². The SMILES string of the molecule is CCCC(C)CS(=O)(=O)NCC1(C)CCNCC1.Cl. The van der Waals surface area contributed by atoms with Gasteiger partial charge >= 0.3 is 0 Å². The second-order valence-electron chi connectivity index (χ2n) is 6.06. The van der Waals surface area contributed by atoms with Crippen molar-refractivity contribution >= 4 is 22.4 Å². The van der Waals surface area contributed by atoms with Crippen molar-refractivity contribution < 1.29 is 8.42 Å². The maximum Gasteiger partial charge on any atom is 0.211 e. The normalized spacial score (nSPS) is 20.6. The molecule has 2 N–H and O–H groups in total. The molecule has 116 valence electrons. The monoisotopic (exact) mass is 312 g/mol. The Kier molecular flexibility index (Phi) is 8.52. The number of hydrogen-bond acceptors (Lipinski definition) is 3. The zero-order chi connectivity index (χ0) is 13.6. The maximum absolute atomic E-state index is 12.0. The molecule has 6 heteroatoms. The second-order valence-corrected chi connectivity index (χ2v) is 7.91. The summed E-state index contributed by atoms with van der Waals surface area (Å²) < 4.78 is 26.8. The van der Waals surface area contributed by atoms with Gasteiger partial charge in [0, 0.05) is 6.54 Å². The number of hydrogen-bond donors (Lipinski definition) is 2. The molecular formula is C13H29ClN2O2S. The molecule has 19 heavy (non-hydrogen) atoms. The van der Waals surface area contributed by atoms with Crippen LogP contribution in [0.25, 0.3) is 0 Å². The summed E-state index contributed by atoms with van der Waals surface area (Å²) in [5, 5.41) is 3.31. The summed E-state index contributed by atoms with van der Waals surface area (Å²) in [6.07, 6.45) is 4.10. The van der Waals surface area contributed by atoms with E-state index in [0.29, 0.717) is 6.54 Å². The standard InChI is InChI=1S/C13H28N2O2S.ClH/c1-4-5-12(2)10-18(16,17)15-11-13(3)6-8-14-9-7-13;/h12,14-15H,4-11H2,1-3H3;1H. The topological polar surface area (TPSA) is 58.2 Å². The van der Waals surface area contributed by atoms with Gasteiger partial charge in [0.1, 0.15) is 0 Å². The van der Waals surface area contributed by atoms with Crippen molar-refractivity contribution in [3.8, 4) is 0 Å². The average Bonchev–Trinajstić information content (AvgIpc) is 2.27. The van der Waals surface area contributed by atoms with Crippen LogP contribution in [0.15, 0.2) is 0 Å². The zero-order valence-electron chi connectivity index (χ0n) is 12.4. The second kappa shape index (κ2) is 8.45. The smallest absolute Gasteiger partial charge is 0.211 e. The van der Waals surface area contributed by atoms with E-state index in [0.717, 1.165) is 38.8 Å². The van der Waals surface area contributed by atoms with Crippen LogP contribution in [-0.4, -0.2) is 33.8 Å². The number of nitrogens with one attached hydrogen (secondary N) is 2. The summed E-state index contributed by atoms with van der Waals surface area (Å²) in [6, 6.07) is 0. The summed E-state index contributed by atoms with van der Waals surface area (Å²) in [6.45, 7) is 8.83. The van der Waals surface area contributed by atoms with Crippen LogP contribution in [0.3, 0.4) is 0 Å². The van der Waals surface area contributed by atoms with Crippen molar-refractivity contribution in [3.63, 3.8) is 0 Å². The molecular weight excluding hydrogens is 284 g/mol. The molecule has 0 aliphatic carbocycles.